The molecule has 0 aliphatic heterocycles. The van der Waals surface area contributed by atoms with Gasteiger partial charge in [-0.2, -0.15) is 0 Å². The molecule has 0 bridgehead atoms. The molecule has 0 aliphatic carbocycles. The van der Waals surface area contributed by atoms with Gasteiger partial charge in [0.1, 0.15) is 12.2 Å². The summed E-state index contributed by atoms with van der Waals surface area (Å²) in [5.41, 5.74) is 0.482. The van der Waals surface area contributed by atoms with Gasteiger partial charge in [-0.1, -0.05) is 30.9 Å². The fraction of sp³-hybridized carbons (Fsp3) is 0.0714. The lowest BCUT2D eigenvalue weighted by atomic mass is 10.1. The highest BCUT2D eigenvalue weighted by Gasteiger charge is 2.15. The summed E-state index contributed by atoms with van der Waals surface area (Å²) in [5, 5.41) is 12.2. The lowest BCUT2D eigenvalue weighted by molar-refractivity contribution is 0.0698. The number of hydrogen-bond acceptors (Lipinski definition) is 4. The maximum atomic E-state index is 11.5. The minimum atomic E-state index is -1.18. The van der Waals surface area contributed by atoms with Crippen molar-refractivity contribution in [3.63, 3.8) is 0 Å². The predicted octanol–water partition coefficient (Wildman–Crippen LogP) is 2.67. The molecule has 1 aromatic heterocycles. The molecule has 1 heterocycles. The van der Waals surface area contributed by atoms with Gasteiger partial charge in [0.25, 0.3) is 0 Å². The minimum absolute atomic E-state index is 0.0296. The second-order valence-corrected chi connectivity index (χ2v) is 3.89. The average molecular weight is 272 g/mol. The highest BCUT2D eigenvalue weighted by atomic mass is 16.5. The molecule has 1 amide bonds. The van der Waals surface area contributed by atoms with Gasteiger partial charge in [0.05, 0.1) is 5.52 Å². The first kappa shape index (κ1) is 13.5. The summed E-state index contributed by atoms with van der Waals surface area (Å²) in [6.45, 7) is 3.44. The Morgan fingerprint density at radius 2 is 2.15 bits per heavy atom. The molecule has 0 spiro atoms. The van der Waals surface area contributed by atoms with Gasteiger partial charge < -0.3 is 9.84 Å². The fourth-order valence-electron chi connectivity index (χ4n) is 1.64. The molecule has 20 heavy (non-hydrogen) atoms. The summed E-state index contributed by atoms with van der Waals surface area (Å²) in [4.78, 5) is 26.8. The number of carboxylic acid groups (broad SMARTS) is 1. The van der Waals surface area contributed by atoms with Crippen LogP contribution < -0.4 is 5.32 Å². The van der Waals surface area contributed by atoms with Crippen molar-refractivity contribution in [2.45, 2.75) is 0 Å². The monoisotopic (exact) mass is 272 g/mol. The van der Waals surface area contributed by atoms with E-state index in [1.807, 2.05) is 0 Å². The molecular weight excluding hydrogens is 260 g/mol. The van der Waals surface area contributed by atoms with Crippen LogP contribution >= 0.6 is 0 Å². The Morgan fingerprint density at radius 3 is 2.85 bits per heavy atom. The zero-order valence-electron chi connectivity index (χ0n) is 10.5. The number of amides is 1. The standard InChI is InChI=1S/C14H12N2O4/c1-2-7-20-14(19)16-12-10(13(17)18)8-9-5-3-4-6-11(9)15-12/h2-6,8H,1,7H2,(H,17,18)(H,15,16,19). The molecule has 6 heteroatoms. The first-order valence-corrected chi connectivity index (χ1v) is 5.79. The van der Waals surface area contributed by atoms with Crippen molar-refractivity contribution in [3.8, 4) is 0 Å². The number of fused-ring (bicyclic) bond motifs is 1. The second kappa shape index (κ2) is 5.83. The lowest BCUT2D eigenvalue weighted by Crippen LogP contribution is -2.17. The normalized spacial score (nSPS) is 10.0. The Balaban J connectivity index is 2.39. The SMILES string of the molecule is C=CCOC(=O)Nc1nc2ccccc2cc1C(=O)O. The van der Waals surface area contributed by atoms with Gasteiger partial charge >= 0.3 is 12.1 Å². The molecule has 2 aromatic rings. The molecule has 2 N–H and O–H groups in total. The zero-order chi connectivity index (χ0) is 14.5. The molecule has 0 unspecified atom stereocenters. The number of rotatable bonds is 4. The van der Waals surface area contributed by atoms with Crippen molar-refractivity contribution in [3.05, 3.63) is 48.6 Å². The Bertz CT molecular complexity index is 682. The third kappa shape index (κ3) is 2.92. The highest BCUT2D eigenvalue weighted by molar-refractivity contribution is 6.01. The minimum Gasteiger partial charge on any atom is -0.478 e. The third-order valence-corrected chi connectivity index (χ3v) is 2.51. The van der Waals surface area contributed by atoms with E-state index in [1.165, 1.54) is 12.1 Å². The number of aromatic carboxylic acids is 1. The van der Waals surface area contributed by atoms with E-state index < -0.39 is 12.1 Å². The van der Waals surface area contributed by atoms with Crippen LogP contribution in [0.15, 0.2) is 43.0 Å². The lowest BCUT2D eigenvalue weighted by Gasteiger charge is -2.09. The highest BCUT2D eigenvalue weighted by Crippen LogP contribution is 2.20. The molecule has 0 radical (unpaired) electrons. The number of nitrogens with one attached hydrogen (secondary N) is 1. The van der Waals surface area contributed by atoms with Crippen molar-refractivity contribution in [1.29, 1.82) is 0 Å². The quantitative estimate of drug-likeness (QED) is 0.835. The topological polar surface area (TPSA) is 88.5 Å². The van der Waals surface area contributed by atoms with E-state index >= 15 is 0 Å². The number of nitrogens with zero attached hydrogens (tertiary/aromatic N) is 1. The molecule has 0 aliphatic rings. The second-order valence-electron chi connectivity index (χ2n) is 3.89. The maximum absolute atomic E-state index is 11.5. The van der Waals surface area contributed by atoms with Gasteiger partial charge in [-0.05, 0) is 12.1 Å². The number of carboxylic acids is 1. The molecule has 102 valence electrons. The third-order valence-electron chi connectivity index (χ3n) is 2.51. The van der Waals surface area contributed by atoms with Gasteiger partial charge in [0.15, 0.2) is 5.82 Å². The summed E-state index contributed by atoms with van der Waals surface area (Å²) >= 11 is 0. The van der Waals surface area contributed by atoms with E-state index in [0.29, 0.717) is 10.9 Å². The Kier molecular flexibility index (Phi) is 3.95. The number of carbonyl (C=O) groups excluding carboxylic acids is 1. The van der Waals surface area contributed by atoms with E-state index in [0.717, 1.165) is 0 Å². The Morgan fingerprint density at radius 1 is 1.40 bits per heavy atom. The van der Waals surface area contributed by atoms with Crippen LogP contribution in [0.4, 0.5) is 10.6 Å². The number of aromatic nitrogens is 1. The molecule has 1 aromatic carbocycles. The number of para-hydroxylation sites is 1. The van der Waals surface area contributed by atoms with Crippen LogP contribution in [-0.4, -0.2) is 28.8 Å². The van der Waals surface area contributed by atoms with Crippen LogP contribution in [0.25, 0.3) is 10.9 Å². The zero-order valence-corrected chi connectivity index (χ0v) is 10.5. The summed E-state index contributed by atoms with van der Waals surface area (Å²) < 4.78 is 4.74. The molecule has 2 rings (SSSR count). The summed E-state index contributed by atoms with van der Waals surface area (Å²) in [6, 6.07) is 8.47. The Labute approximate surface area is 114 Å². The molecule has 0 fully saturated rings. The first-order valence-electron chi connectivity index (χ1n) is 5.79. The van der Waals surface area contributed by atoms with E-state index in [9.17, 15) is 9.59 Å². The van der Waals surface area contributed by atoms with Crippen LogP contribution in [0.2, 0.25) is 0 Å². The number of hydrogen-bond donors (Lipinski definition) is 2. The van der Waals surface area contributed by atoms with E-state index in [2.05, 4.69) is 16.9 Å². The average Bonchev–Trinajstić information content (AvgIpc) is 2.44. The van der Waals surface area contributed by atoms with Crippen molar-refractivity contribution >= 4 is 28.8 Å². The number of benzene rings is 1. The molecule has 0 saturated carbocycles. The largest absolute Gasteiger partial charge is 0.478 e. The van der Waals surface area contributed by atoms with Crippen LogP contribution in [-0.2, 0) is 4.74 Å². The molecule has 0 saturated heterocycles. The van der Waals surface area contributed by atoms with Crippen molar-refractivity contribution < 1.29 is 19.4 Å². The fourth-order valence-corrected chi connectivity index (χ4v) is 1.64. The summed E-state index contributed by atoms with van der Waals surface area (Å²) in [6.07, 6.45) is 0.626. The van der Waals surface area contributed by atoms with Gasteiger partial charge in [0.2, 0.25) is 0 Å². The number of pyridine rings is 1. The summed E-state index contributed by atoms with van der Waals surface area (Å²) in [7, 11) is 0. The predicted molar refractivity (Wildman–Crippen MR) is 73.9 cm³/mol. The van der Waals surface area contributed by atoms with Crippen LogP contribution in [0.1, 0.15) is 10.4 Å². The van der Waals surface area contributed by atoms with Crippen LogP contribution in [0, 0.1) is 0 Å². The van der Waals surface area contributed by atoms with Gasteiger partial charge in [-0.25, -0.2) is 14.6 Å². The number of ether oxygens (including phenoxy) is 1. The van der Waals surface area contributed by atoms with E-state index in [1.54, 1.807) is 24.3 Å². The maximum Gasteiger partial charge on any atom is 0.413 e. The van der Waals surface area contributed by atoms with Crippen LogP contribution in [0.5, 0.6) is 0 Å². The van der Waals surface area contributed by atoms with Crippen molar-refractivity contribution in [2.75, 3.05) is 11.9 Å². The van der Waals surface area contributed by atoms with Crippen LogP contribution in [0.3, 0.4) is 0 Å². The number of carbonyl (C=O) groups is 2. The smallest absolute Gasteiger partial charge is 0.413 e. The molecular formula is C14H12N2O4. The number of anilines is 1. The van der Waals surface area contributed by atoms with Crippen molar-refractivity contribution in [2.24, 2.45) is 0 Å². The molecule has 0 atom stereocenters. The first-order chi connectivity index (χ1) is 9.61. The van der Waals surface area contributed by atoms with E-state index in [4.69, 9.17) is 9.84 Å². The van der Waals surface area contributed by atoms with Crippen molar-refractivity contribution in [1.82, 2.24) is 4.98 Å². The van der Waals surface area contributed by atoms with Gasteiger partial charge in [-0.15, -0.1) is 0 Å². The van der Waals surface area contributed by atoms with Gasteiger partial charge in [-0.3, -0.25) is 5.32 Å². The Hall–Kier alpha value is -2.89. The van der Waals surface area contributed by atoms with E-state index in [-0.39, 0.29) is 18.0 Å². The summed E-state index contributed by atoms with van der Waals surface area (Å²) in [5.74, 6) is -1.23. The van der Waals surface area contributed by atoms with Gasteiger partial charge in [0, 0.05) is 5.39 Å². The molecule has 6 nitrogen and oxygen atoms in total.